The Labute approximate surface area is 86.7 Å². The van der Waals surface area contributed by atoms with E-state index in [2.05, 4.69) is 15.5 Å². The number of rotatable bonds is 6. The summed E-state index contributed by atoms with van der Waals surface area (Å²) in [7, 11) is 0. The summed E-state index contributed by atoms with van der Waals surface area (Å²) in [5, 5.41) is 15.0. The molecule has 0 aromatic carbocycles. The van der Waals surface area contributed by atoms with Crippen LogP contribution in [0, 0.1) is 6.92 Å². The summed E-state index contributed by atoms with van der Waals surface area (Å²) in [5.74, 6) is 0.104. The molecule has 0 fully saturated rings. The third kappa shape index (κ3) is 4.05. The lowest BCUT2D eigenvalue weighted by Gasteiger charge is -2.06. The standard InChI is InChI=1S/C8H14N4O3/c1-5-11-7(15-12-5)2-3-10-4-6(9)8(13)14/h6,10H,2-4,9H2,1H3,(H,13,14). The normalized spacial score (nSPS) is 12.7. The molecule has 84 valence electrons. The number of hydrogen-bond donors (Lipinski definition) is 3. The first-order valence-corrected chi connectivity index (χ1v) is 4.58. The Bertz CT molecular complexity index is 325. The van der Waals surface area contributed by atoms with Crippen LogP contribution in [0.25, 0.3) is 0 Å². The third-order valence-corrected chi connectivity index (χ3v) is 1.77. The van der Waals surface area contributed by atoms with Crippen molar-refractivity contribution in [1.29, 1.82) is 0 Å². The molecule has 1 aromatic rings. The van der Waals surface area contributed by atoms with E-state index in [1.165, 1.54) is 0 Å². The zero-order chi connectivity index (χ0) is 11.3. The molecule has 0 aliphatic rings. The third-order valence-electron chi connectivity index (χ3n) is 1.77. The van der Waals surface area contributed by atoms with Crippen LogP contribution >= 0.6 is 0 Å². The second kappa shape index (κ2) is 5.42. The van der Waals surface area contributed by atoms with Gasteiger partial charge in [-0.15, -0.1) is 0 Å². The number of aliphatic carboxylic acids is 1. The van der Waals surface area contributed by atoms with Gasteiger partial charge in [-0.3, -0.25) is 4.79 Å². The maximum absolute atomic E-state index is 10.4. The molecule has 0 saturated carbocycles. The molecule has 0 aliphatic heterocycles. The van der Waals surface area contributed by atoms with E-state index in [9.17, 15) is 4.79 Å². The van der Waals surface area contributed by atoms with Crippen LogP contribution in [0.4, 0.5) is 0 Å². The van der Waals surface area contributed by atoms with Crippen molar-refractivity contribution in [3.05, 3.63) is 11.7 Å². The first-order valence-electron chi connectivity index (χ1n) is 4.58. The quantitative estimate of drug-likeness (QED) is 0.516. The molecular weight excluding hydrogens is 200 g/mol. The predicted molar refractivity (Wildman–Crippen MR) is 51.2 cm³/mol. The zero-order valence-electron chi connectivity index (χ0n) is 8.43. The number of aromatic nitrogens is 2. The van der Waals surface area contributed by atoms with Gasteiger partial charge >= 0.3 is 5.97 Å². The summed E-state index contributed by atoms with van der Waals surface area (Å²) >= 11 is 0. The number of carboxylic acids is 1. The Morgan fingerprint density at radius 3 is 3.00 bits per heavy atom. The van der Waals surface area contributed by atoms with Crippen LogP contribution < -0.4 is 11.1 Å². The summed E-state index contributed by atoms with van der Waals surface area (Å²) < 4.78 is 4.87. The summed E-state index contributed by atoms with van der Waals surface area (Å²) in [6.07, 6.45) is 0.563. The van der Waals surface area contributed by atoms with Crippen molar-refractivity contribution in [1.82, 2.24) is 15.5 Å². The number of carboxylic acid groups (broad SMARTS) is 1. The molecule has 1 atom stereocenters. The minimum Gasteiger partial charge on any atom is -0.480 e. The minimum atomic E-state index is -1.02. The first-order chi connectivity index (χ1) is 7.09. The van der Waals surface area contributed by atoms with Crippen molar-refractivity contribution < 1.29 is 14.4 Å². The molecule has 15 heavy (non-hydrogen) atoms. The van der Waals surface area contributed by atoms with Gasteiger partial charge in [-0.25, -0.2) is 0 Å². The molecule has 7 heteroatoms. The van der Waals surface area contributed by atoms with Crippen molar-refractivity contribution >= 4 is 5.97 Å². The van der Waals surface area contributed by atoms with Crippen molar-refractivity contribution in [2.24, 2.45) is 5.73 Å². The number of aryl methyl sites for hydroxylation is 1. The van der Waals surface area contributed by atoms with E-state index in [4.69, 9.17) is 15.4 Å². The summed E-state index contributed by atoms with van der Waals surface area (Å²) in [6, 6.07) is -0.880. The van der Waals surface area contributed by atoms with Gasteiger partial charge in [0, 0.05) is 19.5 Å². The molecule has 0 bridgehead atoms. The van der Waals surface area contributed by atoms with Crippen LogP contribution in [-0.2, 0) is 11.2 Å². The van der Waals surface area contributed by atoms with Crippen molar-refractivity contribution in [2.45, 2.75) is 19.4 Å². The van der Waals surface area contributed by atoms with Gasteiger partial charge < -0.3 is 20.7 Å². The van der Waals surface area contributed by atoms with Crippen molar-refractivity contribution in [3.8, 4) is 0 Å². The van der Waals surface area contributed by atoms with E-state index in [-0.39, 0.29) is 6.54 Å². The smallest absolute Gasteiger partial charge is 0.321 e. The Hall–Kier alpha value is -1.47. The molecule has 7 nitrogen and oxygen atoms in total. The highest BCUT2D eigenvalue weighted by molar-refractivity contribution is 5.73. The fourth-order valence-corrected chi connectivity index (χ4v) is 0.982. The van der Waals surface area contributed by atoms with E-state index in [0.717, 1.165) is 0 Å². The molecule has 0 saturated heterocycles. The van der Waals surface area contributed by atoms with Crippen LogP contribution in [0.15, 0.2) is 4.52 Å². The number of nitrogens with zero attached hydrogens (tertiary/aromatic N) is 2. The van der Waals surface area contributed by atoms with Gasteiger partial charge in [0.1, 0.15) is 6.04 Å². The lowest BCUT2D eigenvalue weighted by atomic mass is 10.3. The van der Waals surface area contributed by atoms with Gasteiger partial charge in [-0.1, -0.05) is 5.16 Å². The van der Waals surface area contributed by atoms with Gasteiger partial charge in [-0.05, 0) is 6.92 Å². The highest BCUT2D eigenvalue weighted by Crippen LogP contribution is 1.95. The highest BCUT2D eigenvalue weighted by Gasteiger charge is 2.10. The Kier molecular flexibility index (Phi) is 4.19. The summed E-state index contributed by atoms with van der Waals surface area (Å²) in [6.45, 7) is 2.52. The number of carbonyl (C=O) groups is 1. The van der Waals surface area contributed by atoms with Gasteiger partial charge in [0.15, 0.2) is 5.82 Å². The molecule has 0 radical (unpaired) electrons. The second-order valence-corrected chi connectivity index (χ2v) is 3.13. The maximum Gasteiger partial charge on any atom is 0.321 e. The molecule has 4 N–H and O–H groups in total. The molecule has 0 spiro atoms. The van der Waals surface area contributed by atoms with Gasteiger partial charge in [0.2, 0.25) is 5.89 Å². The average Bonchev–Trinajstić information content (AvgIpc) is 2.58. The number of nitrogens with two attached hydrogens (primary N) is 1. The molecular formula is C8H14N4O3. The van der Waals surface area contributed by atoms with E-state index < -0.39 is 12.0 Å². The van der Waals surface area contributed by atoms with Crippen molar-refractivity contribution in [2.75, 3.05) is 13.1 Å². The largest absolute Gasteiger partial charge is 0.480 e. The zero-order valence-corrected chi connectivity index (χ0v) is 8.43. The van der Waals surface area contributed by atoms with Crippen LogP contribution in [0.3, 0.4) is 0 Å². The fraction of sp³-hybridized carbons (Fsp3) is 0.625. The summed E-state index contributed by atoms with van der Waals surface area (Å²) in [4.78, 5) is 14.4. The topological polar surface area (TPSA) is 114 Å². The van der Waals surface area contributed by atoms with E-state index >= 15 is 0 Å². The van der Waals surface area contributed by atoms with E-state index in [1.807, 2.05) is 0 Å². The SMILES string of the molecule is Cc1noc(CCNCC(N)C(=O)O)n1. The van der Waals surface area contributed by atoms with E-state index in [0.29, 0.717) is 24.7 Å². The van der Waals surface area contributed by atoms with Gasteiger partial charge in [-0.2, -0.15) is 4.98 Å². The van der Waals surface area contributed by atoms with Crippen LogP contribution in [0.5, 0.6) is 0 Å². The predicted octanol–water partition coefficient (Wildman–Crippen LogP) is -1.08. The van der Waals surface area contributed by atoms with Crippen molar-refractivity contribution in [3.63, 3.8) is 0 Å². The van der Waals surface area contributed by atoms with Crippen LogP contribution in [-0.4, -0.2) is 40.3 Å². The van der Waals surface area contributed by atoms with Gasteiger partial charge in [0.05, 0.1) is 0 Å². The molecule has 0 amide bonds. The molecule has 0 aliphatic carbocycles. The molecule has 1 heterocycles. The minimum absolute atomic E-state index is 0.225. The monoisotopic (exact) mass is 214 g/mol. The number of nitrogens with one attached hydrogen (secondary N) is 1. The fourth-order valence-electron chi connectivity index (χ4n) is 0.982. The Morgan fingerprint density at radius 1 is 1.73 bits per heavy atom. The van der Waals surface area contributed by atoms with Crippen LogP contribution in [0.1, 0.15) is 11.7 Å². The lowest BCUT2D eigenvalue weighted by molar-refractivity contribution is -0.138. The van der Waals surface area contributed by atoms with Crippen LogP contribution in [0.2, 0.25) is 0 Å². The maximum atomic E-state index is 10.4. The second-order valence-electron chi connectivity index (χ2n) is 3.13. The molecule has 1 aromatic heterocycles. The number of hydrogen-bond acceptors (Lipinski definition) is 6. The van der Waals surface area contributed by atoms with Gasteiger partial charge in [0.25, 0.3) is 0 Å². The molecule has 1 unspecified atom stereocenters. The average molecular weight is 214 g/mol. The Balaban J connectivity index is 2.14. The Morgan fingerprint density at radius 2 is 2.47 bits per heavy atom. The summed E-state index contributed by atoms with van der Waals surface area (Å²) in [5.41, 5.74) is 5.29. The first kappa shape index (κ1) is 11.6. The van der Waals surface area contributed by atoms with E-state index in [1.54, 1.807) is 6.92 Å². The highest BCUT2D eigenvalue weighted by atomic mass is 16.5. The molecule has 1 rings (SSSR count). The lowest BCUT2D eigenvalue weighted by Crippen LogP contribution is -2.40.